The zero-order valence-corrected chi connectivity index (χ0v) is 10.4. The van der Waals surface area contributed by atoms with Gasteiger partial charge in [-0.15, -0.1) is 0 Å². The number of benzene rings is 1. The van der Waals surface area contributed by atoms with Gasteiger partial charge in [-0.1, -0.05) is 30.3 Å². The van der Waals surface area contributed by atoms with Crippen LogP contribution in [0.1, 0.15) is 12.5 Å². The van der Waals surface area contributed by atoms with Crippen molar-refractivity contribution in [3.8, 4) is 0 Å². The second-order valence-electron chi connectivity index (χ2n) is 4.51. The molecule has 1 heterocycles. The first-order valence-corrected chi connectivity index (χ1v) is 5.93. The molecule has 0 bridgehead atoms. The Balaban J connectivity index is 2.12. The van der Waals surface area contributed by atoms with Crippen molar-refractivity contribution in [1.29, 1.82) is 0 Å². The van der Waals surface area contributed by atoms with E-state index in [1.54, 1.807) is 24.3 Å². The topological polar surface area (TPSA) is 29.5 Å². The minimum Gasteiger partial charge on any atom is -0.354 e. The maximum atomic E-state index is 12.7. The van der Waals surface area contributed by atoms with Crippen LogP contribution in [0.2, 0.25) is 0 Å². The van der Waals surface area contributed by atoms with Crippen molar-refractivity contribution in [3.63, 3.8) is 0 Å². The van der Waals surface area contributed by atoms with E-state index in [0.29, 0.717) is 0 Å². The van der Waals surface area contributed by atoms with Gasteiger partial charge in [0.15, 0.2) is 6.10 Å². The zero-order chi connectivity index (χ0) is 14.0. The quantitative estimate of drug-likeness (QED) is 0.828. The van der Waals surface area contributed by atoms with E-state index in [0.717, 1.165) is 5.56 Å². The van der Waals surface area contributed by atoms with Crippen molar-refractivity contribution < 1.29 is 22.7 Å². The molecule has 0 aromatic heterocycles. The Labute approximate surface area is 109 Å². The number of rotatable bonds is 2. The van der Waals surface area contributed by atoms with Crippen molar-refractivity contribution >= 4 is 5.91 Å². The molecule has 1 aromatic rings. The molecule has 1 aromatic carbocycles. The average Bonchev–Trinajstić information content (AvgIpc) is 2.34. The molecule has 0 radical (unpaired) electrons. The van der Waals surface area contributed by atoms with Crippen LogP contribution in [0.5, 0.6) is 0 Å². The highest BCUT2D eigenvalue weighted by Gasteiger charge is 2.47. The molecule has 1 unspecified atom stereocenters. The van der Waals surface area contributed by atoms with Gasteiger partial charge in [0, 0.05) is 6.54 Å². The van der Waals surface area contributed by atoms with Gasteiger partial charge in [0.2, 0.25) is 0 Å². The Morgan fingerprint density at radius 2 is 1.95 bits per heavy atom. The predicted octanol–water partition coefficient (Wildman–Crippen LogP) is 2.36. The lowest BCUT2D eigenvalue weighted by molar-refractivity contribution is -0.248. The monoisotopic (exact) mass is 273 g/mol. The zero-order valence-electron chi connectivity index (χ0n) is 10.4. The molecule has 0 aliphatic carbocycles. The summed E-state index contributed by atoms with van der Waals surface area (Å²) in [4.78, 5) is 13.0. The molecule has 2 atom stereocenters. The summed E-state index contributed by atoms with van der Waals surface area (Å²) >= 11 is 0. The fourth-order valence-corrected chi connectivity index (χ4v) is 2.02. The number of ether oxygens (including phenoxy) is 1. The van der Waals surface area contributed by atoms with Crippen molar-refractivity contribution in [2.75, 3.05) is 6.54 Å². The van der Waals surface area contributed by atoms with Gasteiger partial charge in [-0.05, 0) is 12.5 Å². The van der Waals surface area contributed by atoms with E-state index in [2.05, 4.69) is 0 Å². The largest absolute Gasteiger partial charge is 0.416 e. The molecule has 1 aliphatic rings. The highest BCUT2D eigenvalue weighted by atomic mass is 19.4. The molecule has 0 N–H and O–H groups in total. The molecule has 104 valence electrons. The number of carbonyl (C=O) groups excluding carboxylic acids is 1. The fourth-order valence-electron chi connectivity index (χ4n) is 2.02. The second kappa shape index (κ2) is 5.21. The van der Waals surface area contributed by atoms with E-state index < -0.39 is 30.8 Å². The van der Waals surface area contributed by atoms with Crippen LogP contribution in [0.4, 0.5) is 13.2 Å². The van der Waals surface area contributed by atoms with Gasteiger partial charge in [-0.25, -0.2) is 0 Å². The Kier molecular flexibility index (Phi) is 3.80. The summed E-state index contributed by atoms with van der Waals surface area (Å²) < 4.78 is 42.8. The maximum absolute atomic E-state index is 12.7. The standard InChI is InChI=1S/C13H14F3NO2/c1-9-12(18)17(7-10-5-3-2-4-6-10)8-11(19-9)13(14,15)16/h2-6,9,11H,7-8H2,1H3/t9?,11-/m0/s1. The summed E-state index contributed by atoms with van der Waals surface area (Å²) in [5.74, 6) is -0.413. The molecule has 6 heteroatoms. The van der Waals surface area contributed by atoms with Crippen LogP contribution in [0.25, 0.3) is 0 Å². The molecule has 3 nitrogen and oxygen atoms in total. The van der Waals surface area contributed by atoms with Crippen molar-refractivity contribution in [3.05, 3.63) is 35.9 Å². The number of alkyl halides is 3. The lowest BCUT2D eigenvalue weighted by atomic mass is 10.1. The predicted molar refractivity (Wildman–Crippen MR) is 62.2 cm³/mol. The maximum Gasteiger partial charge on any atom is 0.416 e. The van der Waals surface area contributed by atoms with E-state index in [1.165, 1.54) is 11.8 Å². The minimum atomic E-state index is -4.45. The minimum absolute atomic E-state index is 0.167. The highest BCUT2D eigenvalue weighted by molar-refractivity contribution is 5.81. The van der Waals surface area contributed by atoms with Gasteiger partial charge in [-0.2, -0.15) is 13.2 Å². The molecule has 1 saturated heterocycles. The first-order valence-electron chi connectivity index (χ1n) is 5.93. The second-order valence-corrected chi connectivity index (χ2v) is 4.51. The SMILES string of the molecule is CC1O[C@H](C(F)(F)F)CN(Cc2ccccc2)C1=O. The summed E-state index contributed by atoms with van der Waals surface area (Å²) in [6.07, 6.45) is -7.43. The molecule has 1 aliphatic heterocycles. The van der Waals surface area contributed by atoms with E-state index in [4.69, 9.17) is 4.74 Å². The van der Waals surface area contributed by atoms with Gasteiger partial charge >= 0.3 is 6.18 Å². The average molecular weight is 273 g/mol. The summed E-state index contributed by atoms with van der Waals surface area (Å²) in [7, 11) is 0. The van der Waals surface area contributed by atoms with Crippen LogP contribution in [-0.2, 0) is 16.1 Å². The van der Waals surface area contributed by atoms with E-state index >= 15 is 0 Å². The summed E-state index contributed by atoms with van der Waals surface area (Å²) in [6.45, 7) is 1.06. The third-order valence-corrected chi connectivity index (χ3v) is 3.00. The van der Waals surface area contributed by atoms with Crippen molar-refractivity contribution in [2.24, 2.45) is 0 Å². The molecule has 2 rings (SSSR count). The molecule has 0 saturated carbocycles. The molecular weight excluding hydrogens is 259 g/mol. The third-order valence-electron chi connectivity index (χ3n) is 3.00. The first kappa shape index (κ1) is 13.9. The van der Waals surface area contributed by atoms with Gasteiger partial charge < -0.3 is 9.64 Å². The number of halogens is 3. The van der Waals surface area contributed by atoms with Crippen molar-refractivity contribution in [1.82, 2.24) is 4.90 Å². The molecule has 1 fully saturated rings. The van der Waals surface area contributed by atoms with Crippen molar-refractivity contribution in [2.45, 2.75) is 31.9 Å². The lowest BCUT2D eigenvalue weighted by Gasteiger charge is -2.37. The molecule has 19 heavy (non-hydrogen) atoms. The highest BCUT2D eigenvalue weighted by Crippen LogP contribution is 2.28. The molecule has 1 amide bonds. The van der Waals surface area contributed by atoms with E-state index in [1.807, 2.05) is 6.07 Å². The number of nitrogens with zero attached hydrogens (tertiary/aromatic N) is 1. The Morgan fingerprint density at radius 1 is 1.32 bits per heavy atom. The summed E-state index contributed by atoms with van der Waals surface area (Å²) in [5.41, 5.74) is 0.797. The number of morpholine rings is 1. The smallest absolute Gasteiger partial charge is 0.354 e. The number of amides is 1. The number of carbonyl (C=O) groups is 1. The summed E-state index contributed by atoms with van der Waals surface area (Å²) in [6, 6.07) is 8.92. The Bertz CT molecular complexity index is 447. The van der Waals surface area contributed by atoms with E-state index in [-0.39, 0.29) is 6.54 Å². The fraction of sp³-hybridized carbons (Fsp3) is 0.462. The van der Waals surface area contributed by atoms with Crippen LogP contribution in [0.15, 0.2) is 30.3 Å². The first-order chi connectivity index (χ1) is 8.88. The van der Waals surface area contributed by atoms with Crippen LogP contribution >= 0.6 is 0 Å². The van der Waals surface area contributed by atoms with Crippen LogP contribution in [-0.4, -0.2) is 35.7 Å². The Morgan fingerprint density at radius 3 is 2.53 bits per heavy atom. The van der Waals surface area contributed by atoms with E-state index in [9.17, 15) is 18.0 Å². The third kappa shape index (κ3) is 3.26. The van der Waals surface area contributed by atoms with Gasteiger partial charge in [0.25, 0.3) is 5.91 Å². The molecule has 0 spiro atoms. The van der Waals surface area contributed by atoms with Gasteiger partial charge in [-0.3, -0.25) is 4.79 Å². The van der Waals surface area contributed by atoms with Crippen LogP contribution in [0.3, 0.4) is 0 Å². The van der Waals surface area contributed by atoms with Crippen LogP contribution < -0.4 is 0 Å². The number of hydrogen-bond donors (Lipinski definition) is 0. The summed E-state index contributed by atoms with van der Waals surface area (Å²) in [5, 5.41) is 0. The van der Waals surface area contributed by atoms with Crippen LogP contribution in [0, 0.1) is 0 Å². The van der Waals surface area contributed by atoms with Gasteiger partial charge in [0.1, 0.15) is 6.10 Å². The Hall–Kier alpha value is -1.56. The van der Waals surface area contributed by atoms with Gasteiger partial charge in [0.05, 0.1) is 6.54 Å². The number of hydrogen-bond acceptors (Lipinski definition) is 2. The lowest BCUT2D eigenvalue weighted by Crippen LogP contribution is -2.55. The molecular formula is C13H14F3NO2. The normalized spacial score (nSPS) is 24.6.